The normalized spacial score (nSPS) is 23.3. The van der Waals surface area contributed by atoms with Crippen LogP contribution in [0, 0.1) is 5.92 Å². The number of methoxy groups -OCH3 is 1. The van der Waals surface area contributed by atoms with E-state index in [1.165, 1.54) is 0 Å². The number of likely N-dealkylation sites (tertiary alicyclic amines) is 1. The molecule has 0 spiro atoms. The number of halogens is 1. The number of carbonyl (C=O) groups is 1. The zero-order valence-corrected chi connectivity index (χ0v) is 13.2. The highest BCUT2D eigenvalue weighted by molar-refractivity contribution is 9.10. The van der Waals surface area contributed by atoms with Gasteiger partial charge in [0.2, 0.25) is 0 Å². The molecular formula is C15H20BrNO2. The van der Waals surface area contributed by atoms with E-state index in [0.717, 1.165) is 23.9 Å². The van der Waals surface area contributed by atoms with Gasteiger partial charge in [-0.15, -0.1) is 0 Å². The van der Waals surface area contributed by atoms with Crippen LogP contribution in [0.5, 0.6) is 5.75 Å². The summed E-state index contributed by atoms with van der Waals surface area (Å²) in [6.07, 6.45) is 2.15. The van der Waals surface area contributed by atoms with E-state index in [9.17, 15) is 4.79 Å². The summed E-state index contributed by atoms with van der Waals surface area (Å²) < 4.78 is 6.23. The van der Waals surface area contributed by atoms with E-state index >= 15 is 0 Å². The first-order chi connectivity index (χ1) is 9.02. The van der Waals surface area contributed by atoms with Crippen LogP contribution in [0.2, 0.25) is 0 Å². The highest BCUT2D eigenvalue weighted by Gasteiger charge is 2.28. The number of amides is 1. The van der Waals surface area contributed by atoms with Crippen LogP contribution in [0.3, 0.4) is 0 Å². The van der Waals surface area contributed by atoms with E-state index in [1.54, 1.807) is 7.11 Å². The fourth-order valence-electron chi connectivity index (χ4n) is 2.71. The summed E-state index contributed by atoms with van der Waals surface area (Å²) in [6, 6.07) is 5.85. The third-order valence-corrected chi connectivity index (χ3v) is 4.29. The number of piperidine rings is 1. The molecule has 0 radical (unpaired) electrons. The highest BCUT2D eigenvalue weighted by atomic mass is 79.9. The van der Waals surface area contributed by atoms with Crippen molar-refractivity contribution in [1.82, 2.24) is 4.90 Å². The molecule has 0 bridgehead atoms. The SMILES string of the molecule is COc1cc(Br)ccc1C(=O)N1CCC(C)CC1C. The Kier molecular flexibility index (Phi) is 4.50. The number of hydrogen-bond donors (Lipinski definition) is 0. The predicted octanol–water partition coefficient (Wildman–Crippen LogP) is 3.72. The van der Waals surface area contributed by atoms with Crippen LogP contribution in [0.4, 0.5) is 0 Å². The Morgan fingerprint density at radius 2 is 2.16 bits per heavy atom. The van der Waals surface area contributed by atoms with E-state index in [1.807, 2.05) is 23.1 Å². The van der Waals surface area contributed by atoms with Gasteiger partial charge in [0.1, 0.15) is 5.75 Å². The molecule has 1 amide bonds. The molecule has 0 N–H and O–H groups in total. The number of benzene rings is 1. The second-order valence-corrected chi connectivity index (χ2v) is 6.24. The Labute approximate surface area is 123 Å². The number of carbonyl (C=O) groups excluding carboxylic acids is 1. The maximum Gasteiger partial charge on any atom is 0.257 e. The molecule has 0 aliphatic carbocycles. The van der Waals surface area contributed by atoms with Crippen molar-refractivity contribution >= 4 is 21.8 Å². The van der Waals surface area contributed by atoms with Crippen molar-refractivity contribution in [2.75, 3.05) is 13.7 Å². The van der Waals surface area contributed by atoms with Gasteiger partial charge in [0.15, 0.2) is 0 Å². The molecule has 0 saturated carbocycles. The van der Waals surface area contributed by atoms with Gasteiger partial charge in [-0.3, -0.25) is 4.79 Å². The first-order valence-electron chi connectivity index (χ1n) is 6.67. The van der Waals surface area contributed by atoms with Gasteiger partial charge < -0.3 is 9.64 Å². The Morgan fingerprint density at radius 1 is 1.42 bits per heavy atom. The zero-order chi connectivity index (χ0) is 14.0. The van der Waals surface area contributed by atoms with Gasteiger partial charge in [0.25, 0.3) is 5.91 Å². The van der Waals surface area contributed by atoms with Crippen LogP contribution in [-0.2, 0) is 0 Å². The molecule has 4 heteroatoms. The van der Waals surface area contributed by atoms with Gasteiger partial charge >= 0.3 is 0 Å². The van der Waals surface area contributed by atoms with Crippen LogP contribution in [0.1, 0.15) is 37.0 Å². The third kappa shape index (κ3) is 3.11. The van der Waals surface area contributed by atoms with Gasteiger partial charge in [-0.1, -0.05) is 22.9 Å². The van der Waals surface area contributed by atoms with Gasteiger partial charge in [-0.2, -0.15) is 0 Å². The van der Waals surface area contributed by atoms with Crippen LogP contribution in [0.25, 0.3) is 0 Å². The topological polar surface area (TPSA) is 29.5 Å². The van der Waals surface area contributed by atoms with Crippen molar-refractivity contribution in [3.05, 3.63) is 28.2 Å². The first kappa shape index (κ1) is 14.4. The summed E-state index contributed by atoms with van der Waals surface area (Å²) in [6.45, 7) is 5.21. The molecule has 1 saturated heterocycles. The van der Waals surface area contributed by atoms with E-state index < -0.39 is 0 Å². The lowest BCUT2D eigenvalue weighted by Crippen LogP contribution is -2.44. The van der Waals surface area contributed by atoms with Crippen LogP contribution in [0.15, 0.2) is 22.7 Å². The molecule has 1 aromatic carbocycles. The van der Waals surface area contributed by atoms with Crippen LogP contribution < -0.4 is 4.74 Å². The quantitative estimate of drug-likeness (QED) is 0.829. The molecule has 1 aliphatic rings. The molecule has 1 heterocycles. The van der Waals surface area contributed by atoms with Crippen molar-refractivity contribution in [3.8, 4) is 5.75 Å². The van der Waals surface area contributed by atoms with Gasteiger partial charge in [-0.25, -0.2) is 0 Å². The molecule has 19 heavy (non-hydrogen) atoms. The lowest BCUT2D eigenvalue weighted by molar-refractivity contribution is 0.0585. The standard InChI is InChI=1S/C15H20BrNO2/c1-10-6-7-17(11(2)8-10)15(18)13-5-4-12(16)9-14(13)19-3/h4-5,9-11H,6-8H2,1-3H3. The maximum absolute atomic E-state index is 12.6. The van der Waals surface area contributed by atoms with Crippen molar-refractivity contribution in [2.45, 2.75) is 32.7 Å². The van der Waals surface area contributed by atoms with Crippen molar-refractivity contribution in [2.24, 2.45) is 5.92 Å². The number of hydrogen-bond acceptors (Lipinski definition) is 2. The number of ether oxygens (including phenoxy) is 1. The average Bonchev–Trinajstić information content (AvgIpc) is 2.37. The second-order valence-electron chi connectivity index (χ2n) is 5.32. The molecule has 2 atom stereocenters. The molecule has 1 fully saturated rings. The Bertz CT molecular complexity index is 475. The minimum atomic E-state index is 0.0729. The number of nitrogens with zero attached hydrogens (tertiary/aromatic N) is 1. The summed E-state index contributed by atoms with van der Waals surface area (Å²) >= 11 is 3.40. The highest BCUT2D eigenvalue weighted by Crippen LogP contribution is 2.28. The van der Waals surface area contributed by atoms with Crippen molar-refractivity contribution < 1.29 is 9.53 Å². The minimum absolute atomic E-state index is 0.0729. The number of rotatable bonds is 2. The Balaban J connectivity index is 2.24. The monoisotopic (exact) mass is 325 g/mol. The van der Waals surface area contributed by atoms with E-state index in [4.69, 9.17) is 4.74 Å². The zero-order valence-electron chi connectivity index (χ0n) is 11.6. The Hall–Kier alpha value is -1.03. The summed E-state index contributed by atoms with van der Waals surface area (Å²) in [7, 11) is 1.60. The molecular weight excluding hydrogens is 306 g/mol. The second kappa shape index (κ2) is 5.95. The summed E-state index contributed by atoms with van der Waals surface area (Å²) in [5, 5.41) is 0. The predicted molar refractivity (Wildman–Crippen MR) is 79.6 cm³/mol. The van der Waals surface area contributed by atoms with E-state index in [2.05, 4.69) is 29.8 Å². The maximum atomic E-state index is 12.6. The molecule has 2 unspecified atom stereocenters. The molecule has 1 aliphatic heterocycles. The van der Waals surface area contributed by atoms with Crippen molar-refractivity contribution in [3.63, 3.8) is 0 Å². The summed E-state index contributed by atoms with van der Waals surface area (Å²) in [5.74, 6) is 1.40. The summed E-state index contributed by atoms with van der Waals surface area (Å²) in [5.41, 5.74) is 0.645. The van der Waals surface area contributed by atoms with E-state index in [0.29, 0.717) is 23.3 Å². The lowest BCUT2D eigenvalue weighted by atomic mass is 9.93. The van der Waals surface area contributed by atoms with Crippen LogP contribution in [-0.4, -0.2) is 30.5 Å². The summed E-state index contributed by atoms with van der Waals surface area (Å²) in [4.78, 5) is 14.6. The van der Waals surface area contributed by atoms with Gasteiger partial charge in [-0.05, 0) is 43.9 Å². The van der Waals surface area contributed by atoms with E-state index in [-0.39, 0.29) is 5.91 Å². The largest absolute Gasteiger partial charge is 0.496 e. The molecule has 104 valence electrons. The van der Waals surface area contributed by atoms with Gasteiger partial charge in [0.05, 0.1) is 12.7 Å². The Morgan fingerprint density at radius 3 is 2.79 bits per heavy atom. The smallest absolute Gasteiger partial charge is 0.257 e. The minimum Gasteiger partial charge on any atom is -0.496 e. The molecule has 0 aromatic heterocycles. The van der Waals surface area contributed by atoms with Crippen molar-refractivity contribution in [1.29, 1.82) is 0 Å². The molecule has 1 aromatic rings. The van der Waals surface area contributed by atoms with Gasteiger partial charge in [0, 0.05) is 17.1 Å². The molecule has 3 nitrogen and oxygen atoms in total. The fraction of sp³-hybridized carbons (Fsp3) is 0.533. The van der Waals surface area contributed by atoms with Crippen LogP contribution >= 0.6 is 15.9 Å². The third-order valence-electron chi connectivity index (χ3n) is 3.79. The molecule has 2 rings (SSSR count). The average molecular weight is 326 g/mol. The fourth-order valence-corrected chi connectivity index (χ4v) is 3.05. The lowest BCUT2D eigenvalue weighted by Gasteiger charge is -2.36. The first-order valence-corrected chi connectivity index (χ1v) is 7.46.